The van der Waals surface area contributed by atoms with E-state index in [0.29, 0.717) is 0 Å². The van der Waals surface area contributed by atoms with Crippen molar-refractivity contribution in [2.45, 2.75) is 12.4 Å². The number of ether oxygens (including phenoxy) is 3. The Morgan fingerprint density at radius 1 is 0.763 bits per heavy atom. The Hall–Kier alpha value is -4.20. The summed E-state index contributed by atoms with van der Waals surface area (Å²) in [6.07, 6.45) is -6.06. The molecule has 0 bridgehead atoms. The van der Waals surface area contributed by atoms with Crippen molar-refractivity contribution in [1.82, 2.24) is 0 Å². The topological polar surface area (TPSA) is 75.3 Å². The molecule has 38 heavy (non-hydrogen) atoms. The van der Waals surface area contributed by atoms with Crippen LogP contribution in [-0.4, -0.2) is 13.2 Å². The highest BCUT2D eigenvalue weighted by atomic mass is 19.3. The molecule has 0 aliphatic carbocycles. The van der Waals surface area contributed by atoms with Crippen LogP contribution in [0.5, 0.6) is 5.75 Å². The number of hydrogen-bond acceptors (Lipinski definition) is 5. The van der Waals surface area contributed by atoms with Crippen LogP contribution in [0, 0.1) is 63.5 Å². The maximum Gasteiger partial charge on any atom is 0.432 e. The van der Waals surface area contributed by atoms with Crippen LogP contribution < -0.4 is 4.74 Å². The predicted octanol–water partition coefficient (Wildman–Crippen LogP) is 6.37. The zero-order valence-corrected chi connectivity index (χ0v) is 18.7. The Balaban J connectivity index is 1.65. The van der Waals surface area contributed by atoms with Crippen LogP contribution in [0.1, 0.15) is 23.0 Å². The van der Waals surface area contributed by atoms with E-state index in [0.717, 1.165) is 18.2 Å². The van der Waals surface area contributed by atoms with E-state index in [9.17, 15) is 35.1 Å². The first-order valence-electron chi connectivity index (χ1n) is 10.5. The van der Waals surface area contributed by atoms with Crippen LogP contribution >= 0.6 is 0 Å². The van der Waals surface area contributed by atoms with E-state index in [4.69, 9.17) is 20.0 Å². The van der Waals surface area contributed by atoms with Crippen molar-refractivity contribution >= 4 is 0 Å². The molecule has 0 N–H and O–H groups in total. The minimum absolute atomic E-state index is 0.0674. The van der Waals surface area contributed by atoms with Gasteiger partial charge in [-0.3, -0.25) is 0 Å². The molecule has 0 aromatic heterocycles. The van der Waals surface area contributed by atoms with E-state index in [1.807, 2.05) is 6.07 Å². The van der Waals surface area contributed by atoms with Crippen LogP contribution in [0.3, 0.4) is 0 Å². The van der Waals surface area contributed by atoms with Gasteiger partial charge >= 0.3 is 6.11 Å². The van der Waals surface area contributed by atoms with Crippen LogP contribution in [0.25, 0.3) is 11.1 Å². The Bertz CT molecular complexity index is 1420. The summed E-state index contributed by atoms with van der Waals surface area (Å²) < 4.78 is 130. The summed E-state index contributed by atoms with van der Waals surface area (Å²) in [5.41, 5.74) is -4.97. The summed E-state index contributed by atoms with van der Waals surface area (Å²) in [6.45, 7) is -0.135. The largest absolute Gasteiger partial charge is 0.432 e. The Morgan fingerprint density at radius 2 is 1.29 bits per heavy atom. The fraction of sp³-hybridized carbons (Fsp3) is 0.200. The second-order valence-electron chi connectivity index (χ2n) is 7.99. The van der Waals surface area contributed by atoms with Crippen molar-refractivity contribution in [3.05, 3.63) is 88.0 Å². The molecule has 13 heteroatoms. The number of rotatable bonds is 5. The summed E-state index contributed by atoms with van der Waals surface area (Å²) in [7, 11) is 0. The zero-order chi connectivity index (χ0) is 27.8. The fourth-order valence-corrected chi connectivity index (χ4v) is 3.69. The summed E-state index contributed by atoms with van der Waals surface area (Å²) >= 11 is 0. The van der Waals surface area contributed by atoms with Crippen molar-refractivity contribution in [2.75, 3.05) is 13.2 Å². The summed E-state index contributed by atoms with van der Waals surface area (Å²) in [5, 5.41) is 17.5. The number of alkyl halides is 2. The minimum atomic E-state index is -4.84. The molecular weight excluding hydrogens is 528 g/mol. The minimum Gasteiger partial charge on any atom is -0.429 e. The number of hydrogen-bond donors (Lipinski definition) is 0. The Morgan fingerprint density at radius 3 is 1.76 bits per heavy atom. The van der Waals surface area contributed by atoms with Gasteiger partial charge in [-0.2, -0.15) is 19.3 Å². The number of nitriles is 2. The molecule has 0 saturated carbocycles. The quantitative estimate of drug-likeness (QED) is 0.352. The molecule has 1 fully saturated rings. The van der Waals surface area contributed by atoms with Crippen molar-refractivity contribution in [2.24, 2.45) is 5.92 Å². The molecule has 3 aromatic rings. The van der Waals surface area contributed by atoms with Crippen LogP contribution in [-0.2, 0) is 15.6 Å². The highest BCUT2D eigenvalue weighted by Gasteiger charge is 2.42. The molecule has 1 saturated heterocycles. The van der Waals surface area contributed by atoms with Crippen LogP contribution in [0.2, 0.25) is 0 Å². The first-order valence-corrected chi connectivity index (χ1v) is 10.5. The summed E-state index contributed by atoms with van der Waals surface area (Å²) in [4.78, 5) is 0. The molecule has 0 spiro atoms. The van der Waals surface area contributed by atoms with Crippen molar-refractivity contribution in [3.63, 3.8) is 0 Å². The van der Waals surface area contributed by atoms with Gasteiger partial charge in [-0.15, -0.1) is 0 Å². The van der Waals surface area contributed by atoms with Crippen molar-refractivity contribution < 1.29 is 49.3 Å². The molecule has 4 rings (SSSR count). The van der Waals surface area contributed by atoms with E-state index in [2.05, 4.69) is 4.74 Å². The molecule has 0 unspecified atom stereocenters. The van der Waals surface area contributed by atoms with E-state index < -0.39 is 81.2 Å². The molecule has 0 amide bonds. The lowest BCUT2D eigenvalue weighted by Gasteiger charge is -2.26. The molecule has 5 nitrogen and oxygen atoms in total. The van der Waals surface area contributed by atoms with Gasteiger partial charge in [0.15, 0.2) is 6.29 Å². The molecule has 196 valence electrons. The molecule has 3 aromatic carbocycles. The predicted molar refractivity (Wildman–Crippen MR) is 111 cm³/mol. The first-order chi connectivity index (χ1) is 17.9. The maximum absolute atomic E-state index is 14.8. The van der Waals surface area contributed by atoms with Gasteiger partial charge in [0.05, 0.1) is 30.8 Å². The molecule has 1 aliphatic heterocycles. The van der Waals surface area contributed by atoms with Gasteiger partial charge in [-0.1, -0.05) is 0 Å². The standard InChI is InChI=1S/C25H12F8N2O3/c26-16-5-14(6-17(27)15(16)8-35)38-25(32,33)23-20(30)1-12(2-21(23)31)22-18(28)3-13(4-19(22)29)24-36-9-11(7-34)10-37-24/h1-6,11,24H,9-10H2. The average molecular weight is 540 g/mol. The lowest BCUT2D eigenvalue weighted by Crippen LogP contribution is -2.26. The second kappa shape index (κ2) is 10.3. The monoisotopic (exact) mass is 540 g/mol. The van der Waals surface area contributed by atoms with E-state index in [-0.39, 0.29) is 43.0 Å². The highest BCUT2D eigenvalue weighted by molar-refractivity contribution is 5.66. The van der Waals surface area contributed by atoms with Gasteiger partial charge in [-0.25, -0.2) is 26.3 Å². The molecular formula is C25H12F8N2O3. The zero-order valence-electron chi connectivity index (χ0n) is 18.7. The van der Waals surface area contributed by atoms with Gasteiger partial charge in [0.1, 0.15) is 57.8 Å². The Labute approximate surface area is 209 Å². The van der Waals surface area contributed by atoms with Gasteiger partial charge in [-0.05, 0) is 29.8 Å². The Kier molecular flexibility index (Phi) is 7.26. The van der Waals surface area contributed by atoms with Crippen LogP contribution in [0.15, 0.2) is 36.4 Å². The third-order valence-corrected chi connectivity index (χ3v) is 5.41. The van der Waals surface area contributed by atoms with Gasteiger partial charge in [0, 0.05) is 17.7 Å². The first kappa shape index (κ1) is 26.9. The SMILES string of the molecule is N#Cc1c(F)cc(OC(F)(F)c2c(F)cc(-c3c(F)cc(C4OCC(C#N)CO4)cc3F)cc2F)cc1F. The molecule has 1 heterocycles. The van der Waals surface area contributed by atoms with Gasteiger partial charge in [0.25, 0.3) is 0 Å². The fourth-order valence-electron chi connectivity index (χ4n) is 3.69. The van der Waals surface area contributed by atoms with Crippen molar-refractivity contribution in [1.29, 1.82) is 10.5 Å². The van der Waals surface area contributed by atoms with Crippen molar-refractivity contribution in [3.8, 4) is 29.0 Å². The number of benzene rings is 3. The third-order valence-electron chi connectivity index (χ3n) is 5.41. The third kappa shape index (κ3) is 5.11. The number of nitrogens with zero attached hydrogens (tertiary/aromatic N) is 2. The summed E-state index contributed by atoms with van der Waals surface area (Å²) in [6, 6.07) is 5.45. The van der Waals surface area contributed by atoms with Gasteiger partial charge < -0.3 is 14.2 Å². The highest BCUT2D eigenvalue weighted by Crippen LogP contribution is 2.39. The van der Waals surface area contributed by atoms with Crippen LogP contribution in [0.4, 0.5) is 35.1 Å². The lowest BCUT2D eigenvalue weighted by molar-refractivity contribution is -0.196. The number of halogens is 8. The van der Waals surface area contributed by atoms with E-state index >= 15 is 0 Å². The van der Waals surface area contributed by atoms with E-state index in [1.54, 1.807) is 0 Å². The molecule has 1 aliphatic rings. The molecule has 0 radical (unpaired) electrons. The second-order valence-corrected chi connectivity index (χ2v) is 7.99. The molecule has 0 atom stereocenters. The van der Waals surface area contributed by atoms with Gasteiger partial charge in [0.2, 0.25) is 0 Å². The summed E-state index contributed by atoms with van der Waals surface area (Å²) in [5.74, 6) is -11.5. The van der Waals surface area contributed by atoms with E-state index in [1.165, 1.54) is 0 Å². The lowest BCUT2D eigenvalue weighted by atomic mass is 9.99. The average Bonchev–Trinajstić information content (AvgIpc) is 2.82. The maximum atomic E-state index is 14.8. The normalized spacial score (nSPS) is 17.5. The smallest absolute Gasteiger partial charge is 0.429 e.